The molecule has 2 aromatic rings. The van der Waals surface area contributed by atoms with E-state index in [1.807, 2.05) is 0 Å². The van der Waals surface area contributed by atoms with Gasteiger partial charge in [-0.3, -0.25) is 10.1 Å². The number of nitrogens with zero attached hydrogens (tertiary/aromatic N) is 1. The number of halogens is 2. The van der Waals surface area contributed by atoms with Gasteiger partial charge < -0.3 is 14.5 Å². The highest BCUT2D eigenvalue weighted by Crippen LogP contribution is 2.26. The van der Waals surface area contributed by atoms with E-state index in [2.05, 4.69) is 10.1 Å². The molecule has 0 spiro atoms. The molecule has 6 nitrogen and oxygen atoms in total. The number of hydrogen-bond donors (Lipinski definition) is 1. The predicted octanol–water partition coefficient (Wildman–Crippen LogP) is 3.40. The number of nitrogens with one attached hydrogen (secondary N) is 1. The molecule has 0 aliphatic carbocycles. The quantitative estimate of drug-likeness (QED) is 0.649. The molecule has 2 rings (SSSR count). The van der Waals surface area contributed by atoms with Gasteiger partial charge in [-0.1, -0.05) is 12.1 Å². The maximum absolute atomic E-state index is 12.2. The van der Waals surface area contributed by atoms with Crippen LogP contribution >= 0.6 is 0 Å². The van der Waals surface area contributed by atoms with Crippen LogP contribution in [0.1, 0.15) is 5.76 Å². The molecule has 0 saturated carbocycles. The monoisotopic (exact) mass is 284 g/mol. The van der Waals surface area contributed by atoms with E-state index in [1.165, 1.54) is 18.2 Å². The van der Waals surface area contributed by atoms with Crippen LogP contribution < -0.4 is 10.1 Å². The van der Waals surface area contributed by atoms with Crippen LogP contribution in [0, 0.1) is 10.1 Å². The topological polar surface area (TPSA) is 77.5 Å². The van der Waals surface area contributed by atoms with Crippen LogP contribution in [-0.2, 0) is 6.54 Å². The Bertz CT molecular complexity index is 601. The number of para-hydroxylation sites is 2. The Morgan fingerprint density at radius 3 is 2.70 bits per heavy atom. The lowest BCUT2D eigenvalue weighted by Gasteiger charge is -2.11. The smallest absolute Gasteiger partial charge is 0.433 e. The van der Waals surface area contributed by atoms with Gasteiger partial charge in [0.2, 0.25) is 0 Å². The molecule has 106 valence electrons. The SMILES string of the molecule is O=[N+]([O-])c1ccc(CNc2ccccc2OC(F)F)o1. The minimum Gasteiger partial charge on any atom is -0.433 e. The zero-order valence-corrected chi connectivity index (χ0v) is 10.1. The predicted molar refractivity (Wildman–Crippen MR) is 65.8 cm³/mol. The zero-order chi connectivity index (χ0) is 14.5. The summed E-state index contributed by atoms with van der Waals surface area (Å²) in [6.45, 7) is -2.82. The maximum Gasteiger partial charge on any atom is 0.433 e. The number of ether oxygens (including phenoxy) is 1. The Morgan fingerprint density at radius 1 is 1.30 bits per heavy atom. The molecule has 0 fully saturated rings. The van der Waals surface area contributed by atoms with Crippen LogP contribution in [0.25, 0.3) is 0 Å². The van der Waals surface area contributed by atoms with Crippen LogP contribution in [0.5, 0.6) is 5.75 Å². The molecule has 1 heterocycles. The van der Waals surface area contributed by atoms with Gasteiger partial charge >= 0.3 is 12.5 Å². The molecular formula is C12H10F2N2O4. The van der Waals surface area contributed by atoms with Crippen molar-refractivity contribution in [3.05, 3.63) is 52.3 Å². The van der Waals surface area contributed by atoms with Crippen LogP contribution in [0.3, 0.4) is 0 Å². The third-order valence-electron chi connectivity index (χ3n) is 2.38. The van der Waals surface area contributed by atoms with Crippen molar-refractivity contribution >= 4 is 11.6 Å². The van der Waals surface area contributed by atoms with Crippen molar-refractivity contribution in [1.82, 2.24) is 0 Å². The van der Waals surface area contributed by atoms with Crippen LogP contribution in [0.15, 0.2) is 40.8 Å². The van der Waals surface area contributed by atoms with Crippen molar-refractivity contribution in [1.29, 1.82) is 0 Å². The molecule has 0 saturated heterocycles. The summed E-state index contributed by atoms with van der Waals surface area (Å²) in [6, 6.07) is 8.79. The highest BCUT2D eigenvalue weighted by atomic mass is 19.3. The van der Waals surface area contributed by atoms with Gasteiger partial charge in [0.15, 0.2) is 0 Å². The average Bonchev–Trinajstić information content (AvgIpc) is 2.86. The number of furan rings is 1. The van der Waals surface area contributed by atoms with E-state index in [-0.39, 0.29) is 18.2 Å². The number of anilines is 1. The Hall–Kier alpha value is -2.64. The Balaban J connectivity index is 2.04. The second-order valence-corrected chi connectivity index (χ2v) is 3.73. The lowest BCUT2D eigenvalue weighted by molar-refractivity contribution is -0.402. The van der Waals surface area contributed by atoms with Gasteiger partial charge in [-0.05, 0) is 18.2 Å². The van der Waals surface area contributed by atoms with E-state index >= 15 is 0 Å². The summed E-state index contributed by atoms with van der Waals surface area (Å²) in [4.78, 5) is 9.80. The van der Waals surface area contributed by atoms with Crippen molar-refractivity contribution in [3.8, 4) is 5.75 Å². The average molecular weight is 284 g/mol. The van der Waals surface area contributed by atoms with Crippen LogP contribution in [-0.4, -0.2) is 11.5 Å². The molecule has 1 aromatic carbocycles. The first-order valence-electron chi connectivity index (χ1n) is 5.57. The fraction of sp³-hybridized carbons (Fsp3) is 0.167. The summed E-state index contributed by atoms with van der Waals surface area (Å²) in [6.07, 6.45) is 0. The number of nitro groups is 1. The summed E-state index contributed by atoms with van der Waals surface area (Å²) in [5.74, 6) is -0.0778. The normalized spacial score (nSPS) is 10.6. The highest BCUT2D eigenvalue weighted by Gasteiger charge is 2.13. The molecular weight excluding hydrogens is 274 g/mol. The molecule has 0 unspecified atom stereocenters. The first-order valence-corrected chi connectivity index (χ1v) is 5.57. The minimum absolute atomic E-state index is 0.0106. The Morgan fingerprint density at radius 2 is 2.05 bits per heavy atom. The fourth-order valence-electron chi connectivity index (χ4n) is 1.55. The van der Waals surface area contributed by atoms with Crippen LogP contribution in [0.2, 0.25) is 0 Å². The number of alkyl halides is 2. The highest BCUT2D eigenvalue weighted by molar-refractivity contribution is 5.56. The summed E-state index contributed by atoms with van der Waals surface area (Å²) < 4.78 is 33.7. The maximum atomic E-state index is 12.2. The van der Waals surface area contributed by atoms with Gasteiger partial charge in [-0.2, -0.15) is 8.78 Å². The Kier molecular flexibility index (Phi) is 4.14. The number of benzene rings is 1. The summed E-state index contributed by atoms with van der Waals surface area (Å²) in [5.41, 5.74) is 0.340. The van der Waals surface area contributed by atoms with Crippen molar-refractivity contribution in [3.63, 3.8) is 0 Å². The summed E-state index contributed by atoms with van der Waals surface area (Å²) in [5, 5.41) is 13.3. The summed E-state index contributed by atoms with van der Waals surface area (Å²) in [7, 11) is 0. The molecule has 0 atom stereocenters. The van der Waals surface area contributed by atoms with E-state index < -0.39 is 11.5 Å². The van der Waals surface area contributed by atoms with Gasteiger partial charge in [-0.15, -0.1) is 0 Å². The van der Waals surface area contributed by atoms with Crippen molar-refractivity contribution in [2.45, 2.75) is 13.2 Å². The lowest BCUT2D eigenvalue weighted by Crippen LogP contribution is -2.06. The summed E-state index contributed by atoms with van der Waals surface area (Å²) >= 11 is 0. The molecule has 0 amide bonds. The number of rotatable bonds is 6. The third kappa shape index (κ3) is 3.44. The largest absolute Gasteiger partial charge is 0.433 e. The van der Waals surface area contributed by atoms with Gasteiger partial charge in [0, 0.05) is 0 Å². The molecule has 0 bridgehead atoms. The van der Waals surface area contributed by atoms with Gasteiger partial charge in [0.05, 0.1) is 18.3 Å². The van der Waals surface area contributed by atoms with E-state index in [0.717, 1.165) is 0 Å². The second kappa shape index (κ2) is 6.00. The van der Waals surface area contributed by atoms with Crippen LogP contribution in [0.4, 0.5) is 20.4 Å². The van der Waals surface area contributed by atoms with Crippen molar-refractivity contribution in [2.75, 3.05) is 5.32 Å². The fourth-order valence-corrected chi connectivity index (χ4v) is 1.55. The first kappa shape index (κ1) is 13.8. The zero-order valence-electron chi connectivity index (χ0n) is 10.1. The number of hydrogen-bond acceptors (Lipinski definition) is 5. The third-order valence-corrected chi connectivity index (χ3v) is 2.38. The molecule has 0 radical (unpaired) electrons. The van der Waals surface area contributed by atoms with Gasteiger partial charge in [-0.25, -0.2) is 0 Å². The lowest BCUT2D eigenvalue weighted by atomic mass is 10.3. The molecule has 0 aliphatic rings. The van der Waals surface area contributed by atoms with E-state index in [4.69, 9.17) is 4.42 Å². The van der Waals surface area contributed by atoms with Gasteiger partial charge in [0.1, 0.15) is 16.4 Å². The molecule has 8 heteroatoms. The van der Waals surface area contributed by atoms with Crippen molar-refractivity contribution < 1.29 is 22.9 Å². The molecule has 20 heavy (non-hydrogen) atoms. The van der Waals surface area contributed by atoms with E-state index in [9.17, 15) is 18.9 Å². The minimum atomic E-state index is -2.93. The molecule has 1 aromatic heterocycles. The first-order chi connectivity index (χ1) is 9.56. The molecule has 0 aliphatic heterocycles. The van der Waals surface area contributed by atoms with E-state index in [0.29, 0.717) is 11.4 Å². The Labute approximate surface area is 112 Å². The standard InChI is InChI=1S/C12H10F2N2O4/c13-12(14)20-10-4-2-1-3-9(10)15-7-8-5-6-11(19-8)16(17)18/h1-6,12,15H,7H2. The van der Waals surface area contributed by atoms with Gasteiger partial charge in [0.25, 0.3) is 0 Å². The van der Waals surface area contributed by atoms with Crippen molar-refractivity contribution in [2.24, 2.45) is 0 Å². The molecule has 1 N–H and O–H groups in total. The second-order valence-electron chi connectivity index (χ2n) is 3.73. The van der Waals surface area contributed by atoms with E-state index in [1.54, 1.807) is 18.2 Å².